The van der Waals surface area contributed by atoms with E-state index >= 15 is 0 Å². The maximum Gasteiger partial charge on any atom is 0.177 e. The molecular weight excluding hydrogens is 280 g/mol. The van der Waals surface area contributed by atoms with Gasteiger partial charge in [0.2, 0.25) is 0 Å². The molecule has 0 aromatic carbocycles. The Kier molecular flexibility index (Phi) is 4.76. The van der Waals surface area contributed by atoms with Crippen LogP contribution in [0.3, 0.4) is 0 Å². The van der Waals surface area contributed by atoms with Crippen LogP contribution in [0.15, 0.2) is 4.90 Å². The number of rotatable bonds is 4. The number of anilines is 2. The van der Waals surface area contributed by atoms with Crippen LogP contribution in [0.4, 0.5) is 10.7 Å². The SMILES string of the molecule is CSc1c(N2CCOCC2)sc(C(=O)C(C)C)c1N. The molecule has 2 heterocycles. The molecule has 1 fully saturated rings. The average molecular weight is 300 g/mol. The Morgan fingerprint density at radius 1 is 1.42 bits per heavy atom. The lowest BCUT2D eigenvalue weighted by Gasteiger charge is -2.28. The molecule has 0 radical (unpaired) electrons. The molecule has 2 N–H and O–H groups in total. The van der Waals surface area contributed by atoms with E-state index in [4.69, 9.17) is 10.5 Å². The molecule has 19 heavy (non-hydrogen) atoms. The highest BCUT2D eigenvalue weighted by Gasteiger charge is 2.25. The maximum absolute atomic E-state index is 12.2. The number of thioether (sulfide) groups is 1. The highest BCUT2D eigenvalue weighted by molar-refractivity contribution is 7.99. The highest BCUT2D eigenvalue weighted by atomic mass is 32.2. The standard InChI is InChI=1S/C13H20N2O2S2/c1-8(2)10(16)11-9(14)12(18-3)13(19-11)15-4-6-17-7-5-15/h8H,4-7,14H2,1-3H3. The Balaban J connectivity index is 2.37. The molecule has 1 aliphatic rings. The minimum absolute atomic E-state index is 0.0202. The van der Waals surface area contributed by atoms with E-state index in [9.17, 15) is 4.79 Å². The van der Waals surface area contributed by atoms with Gasteiger partial charge < -0.3 is 15.4 Å². The molecule has 0 bridgehead atoms. The lowest BCUT2D eigenvalue weighted by atomic mass is 10.1. The van der Waals surface area contributed by atoms with Crippen LogP contribution in [-0.2, 0) is 4.74 Å². The minimum Gasteiger partial charge on any atom is -0.396 e. The molecule has 1 aliphatic heterocycles. The minimum atomic E-state index is -0.0202. The van der Waals surface area contributed by atoms with Crippen molar-refractivity contribution in [3.63, 3.8) is 0 Å². The Morgan fingerprint density at radius 2 is 2.05 bits per heavy atom. The molecule has 2 rings (SSSR count). The number of morpholine rings is 1. The van der Waals surface area contributed by atoms with E-state index in [1.807, 2.05) is 20.1 Å². The van der Waals surface area contributed by atoms with Gasteiger partial charge in [0, 0.05) is 19.0 Å². The third-order valence-corrected chi connectivity index (χ3v) is 5.36. The third-order valence-electron chi connectivity index (χ3n) is 3.13. The first-order chi connectivity index (χ1) is 9.06. The second kappa shape index (κ2) is 6.15. The molecule has 6 heteroatoms. The van der Waals surface area contributed by atoms with Crippen molar-refractivity contribution in [3.8, 4) is 0 Å². The molecule has 0 aliphatic carbocycles. The van der Waals surface area contributed by atoms with Crippen molar-refractivity contribution in [2.45, 2.75) is 18.7 Å². The van der Waals surface area contributed by atoms with Crippen LogP contribution in [-0.4, -0.2) is 38.3 Å². The van der Waals surface area contributed by atoms with Crippen molar-refractivity contribution >= 4 is 39.6 Å². The zero-order valence-electron chi connectivity index (χ0n) is 11.6. The lowest BCUT2D eigenvalue weighted by molar-refractivity contribution is 0.0944. The first kappa shape index (κ1) is 14.7. The van der Waals surface area contributed by atoms with Crippen LogP contribution in [0.5, 0.6) is 0 Å². The number of hydrogen-bond acceptors (Lipinski definition) is 6. The Labute approximate surface area is 122 Å². The van der Waals surface area contributed by atoms with Crippen molar-refractivity contribution < 1.29 is 9.53 Å². The largest absolute Gasteiger partial charge is 0.396 e. The number of thiophene rings is 1. The van der Waals surface area contributed by atoms with Crippen LogP contribution in [0, 0.1) is 5.92 Å². The molecule has 0 spiro atoms. The lowest BCUT2D eigenvalue weighted by Crippen LogP contribution is -2.35. The second-order valence-corrected chi connectivity index (χ2v) is 6.62. The van der Waals surface area contributed by atoms with E-state index in [1.165, 1.54) is 11.3 Å². The summed E-state index contributed by atoms with van der Waals surface area (Å²) in [5.74, 6) is 0.116. The molecular formula is C13H20N2O2S2. The van der Waals surface area contributed by atoms with Gasteiger partial charge in [0.1, 0.15) is 5.00 Å². The highest BCUT2D eigenvalue weighted by Crippen LogP contribution is 2.44. The third kappa shape index (κ3) is 2.90. The average Bonchev–Trinajstić information content (AvgIpc) is 2.75. The molecule has 0 atom stereocenters. The van der Waals surface area contributed by atoms with Gasteiger partial charge in [-0.25, -0.2) is 0 Å². The van der Waals surface area contributed by atoms with Gasteiger partial charge in [-0.05, 0) is 6.26 Å². The van der Waals surface area contributed by atoms with Crippen molar-refractivity contribution in [2.75, 3.05) is 43.2 Å². The number of nitrogens with zero attached hydrogens (tertiary/aromatic N) is 1. The number of hydrogen-bond donors (Lipinski definition) is 1. The Bertz CT molecular complexity index is 465. The summed E-state index contributed by atoms with van der Waals surface area (Å²) in [6.45, 7) is 7.02. The molecule has 0 amide bonds. The summed E-state index contributed by atoms with van der Waals surface area (Å²) in [6, 6.07) is 0. The van der Waals surface area contributed by atoms with E-state index in [1.54, 1.807) is 11.8 Å². The van der Waals surface area contributed by atoms with Gasteiger partial charge in [-0.3, -0.25) is 4.79 Å². The molecule has 0 unspecified atom stereocenters. The molecule has 4 nitrogen and oxygen atoms in total. The van der Waals surface area contributed by atoms with Crippen LogP contribution in [0.25, 0.3) is 0 Å². The van der Waals surface area contributed by atoms with Crippen LogP contribution in [0.2, 0.25) is 0 Å². The van der Waals surface area contributed by atoms with Gasteiger partial charge in [-0.15, -0.1) is 23.1 Å². The summed E-state index contributed by atoms with van der Waals surface area (Å²) in [5, 5.41) is 1.12. The van der Waals surface area contributed by atoms with Gasteiger partial charge >= 0.3 is 0 Å². The molecule has 106 valence electrons. The quantitative estimate of drug-likeness (QED) is 0.684. The van der Waals surface area contributed by atoms with Crippen molar-refractivity contribution in [2.24, 2.45) is 5.92 Å². The van der Waals surface area contributed by atoms with Crippen LogP contribution >= 0.6 is 23.1 Å². The number of ether oxygens (including phenoxy) is 1. The summed E-state index contributed by atoms with van der Waals surface area (Å²) in [7, 11) is 0. The van der Waals surface area contributed by atoms with E-state index in [0.717, 1.165) is 36.2 Å². The van der Waals surface area contributed by atoms with Crippen molar-refractivity contribution in [1.82, 2.24) is 0 Å². The van der Waals surface area contributed by atoms with Crippen molar-refractivity contribution in [3.05, 3.63) is 4.88 Å². The zero-order chi connectivity index (χ0) is 14.0. The second-order valence-electron chi connectivity index (χ2n) is 4.80. The van der Waals surface area contributed by atoms with Gasteiger partial charge in [-0.2, -0.15) is 0 Å². The fraction of sp³-hybridized carbons (Fsp3) is 0.615. The Hall–Kier alpha value is -0.720. The maximum atomic E-state index is 12.2. The van der Waals surface area contributed by atoms with Gasteiger partial charge in [-0.1, -0.05) is 13.8 Å². The van der Waals surface area contributed by atoms with E-state index in [0.29, 0.717) is 10.6 Å². The Morgan fingerprint density at radius 3 is 2.58 bits per heavy atom. The summed E-state index contributed by atoms with van der Waals surface area (Å²) < 4.78 is 5.38. The summed E-state index contributed by atoms with van der Waals surface area (Å²) >= 11 is 3.15. The summed E-state index contributed by atoms with van der Waals surface area (Å²) in [6.07, 6.45) is 2.01. The fourth-order valence-electron chi connectivity index (χ4n) is 2.03. The van der Waals surface area contributed by atoms with E-state index in [2.05, 4.69) is 4.90 Å². The number of nitrogens with two attached hydrogens (primary N) is 1. The first-order valence-electron chi connectivity index (χ1n) is 6.39. The van der Waals surface area contributed by atoms with Gasteiger partial charge in [0.05, 0.1) is 28.7 Å². The zero-order valence-corrected chi connectivity index (χ0v) is 13.2. The number of ketones is 1. The number of carbonyl (C=O) groups excluding carboxylic acids is 1. The monoisotopic (exact) mass is 300 g/mol. The van der Waals surface area contributed by atoms with E-state index in [-0.39, 0.29) is 11.7 Å². The summed E-state index contributed by atoms with van der Waals surface area (Å²) in [5.41, 5.74) is 6.82. The van der Waals surface area contributed by atoms with Crippen molar-refractivity contribution in [1.29, 1.82) is 0 Å². The van der Waals surface area contributed by atoms with Gasteiger partial charge in [0.25, 0.3) is 0 Å². The van der Waals surface area contributed by atoms with Crippen LogP contribution < -0.4 is 10.6 Å². The number of Topliss-reactive ketones (excluding diaryl/α,β-unsaturated/α-hetero) is 1. The number of nitrogen functional groups attached to an aromatic ring is 1. The van der Waals surface area contributed by atoms with E-state index < -0.39 is 0 Å². The predicted molar refractivity (Wildman–Crippen MR) is 82.7 cm³/mol. The predicted octanol–water partition coefficient (Wildman–Crippen LogP) is 2.73. The molecule has 1 aromatic heterocycles. The van der Waals surface area contributed by atoms with Gasteiger partial charge in [0.15, 0.2) is 5.78 Å². The number of carbonyl (C=O) groups is 1. The molecule has 0 saturated carbocycles. The first-order valence-corrected chi connectivity index (χ1v) is 8.43. The summed E-state index contributed by atoms with van der Waals surface area (Å²) in [4.78, 5) is 16.2. The molecule has 1 aromatic rings. The smallest absolute Gasteiger partial charge is 0.177 e. The topological polar surface area (TPSA) is 55.6 Å². The van der Waals surface area contributed by atoms with Crippen LogP contribution in [0.1, 0.15) is 23.5 Å². The fourth-order valence-corrected chi connectivity index (χ4v) is 4.35. The normalized spacial score (nSPS) is 16.1. The molecule has 1 saturated heterocycles.